The van der Waals surface area contributed by atoms with E-state index < -0.39 is 0 Å². The molecule has 21 heavy (non-hydrogen) atoms. The Hall–Kier alpha value is -1.81. The fourth-order valence-corrected chi connectivity index (χ4v) is 2.28. The third-order valence-corrected chi connectivity index (χ3v) is 4.16. The lowest BCUT2D eigenvalue weighted by Crippen LogP contribution is -2.22. The van der Waals surface area contributed by atoms with Crippen molar-refractivity contribution in [2.24, 2.45) is 0 Å². The molecular formula is C17H19BrN2O. The number of hydrogen-bond donors (Lipinski definition) is 2. The Balaban J connectivity index is 1.95. The van der Waals surface area contributed by atoms with E-state index in [2.05, 4.69) is 32.6 Å². The highest BCUT2D eigenvalue weighted by Crippen LogP contribution is 2.20. The van der Waals surface area contributed by atoms with E-state index in [9.17, 15) is 4.79 Å². The lowest BCUT2D eigenvalue weighted by Gasteiger charge is -2.11. The van der Waals surface area contributed by atoms with Crippen molar-refractivity contribution in [3.8, 4) is 0 Å². The SMILES string of the molecule is Cc1ccc(C)c(NCC(=O)Nc2ccc(Br)c(C)c2)c1. The number of aryl methyl sites for hydroxylation is 3. The second-order valence-electron chi connectivity index (χ2n) is 5.18. The minimum atomic E-state index is -0.0578. The Morgan fingerprint density at radius 3 is 2.52 bits per heavy atom. The predicted molar refractivity (Wildman–Crippen MR) is 91.9 cm³/mol. The summed E-state index contributed by atoms with van der Waals surface area (Å²) in [5.41, 5.74) is 5.20. The first-order valence-corrected chi connectivity index (χ1v) is 7.62. The van der Waals surface area contributed by atoms with Gasteiger partial charge in [-0.3, -0.25) is 4.79 Å². The molecular weight excluding hydrogens is 328 g/mol. The van der Waals surface area contributed by atoms with E-state index in [4.69, 9.17) is 0 Å². The largest absolute Gasteiger partial charge is 0.376 e. The van der Waals surface area contributed by atoms with Gasteiger partial charge in [0.15, 0.2) is 0 Å². The standard InChI is InChI=1S/C17H19BrN2O/c1-11-4-5-12(2)16(8-11)19-10-17(21)20-14-6-7-15(18)13(3)9-14/h4-9,19H,10H2,1-3H3,(H,20,21). The van der Waals surface area contributed by atoms with Crippen LogP contribution >= 0.6 is 15.9 Å². The van der Waals surface area contributed by atoms with Crippen LogP contribution in [0.25, 0.3) is 0 Å². The summed E-state index contributed by atoms with van der Waals surface area (Å²) < 4.78 is 1.04. The fourth-order valence-electron chi connectivity index (χ4n) is 2.03. The lowest BCUT2D eigenvalue weighted by atomic mass is 10.1. The van der Waals surface area contributed by atoms with E-state index >= 15 is 0 Å². The maximum atomic E-state index is 12.0. The Morgan fingerprint density at radius 1 is 1.05 bits per heavy atom. The van der Waals surface area contributed by atoms with Crippen molar-refractivity contribution in [3.05, 3.63) is 57.6 Å². The molecule has 0 aliphatic heterocycles. The minimum absolute atomic E-state index is 0.0578. The minimum Gasteiger partial charge on any atom is -0.376 e. The first-order chi connectivity index (χ1) is 9.95. The summed E-state index contributed by atoms with van der Waals surface area (Å²) in [5.74, 6) is -0.0578. The molecule has 0 aliphatic carbocycles. The molecule has 0 saturated heterocycles. The van der Waals surface area contributed by atoms with Crippen LogP contribution in [0.1, 0.15) is 16.7 Å². The highest BCUT2D eigenvalue weighted by molar-refractivity contribution is 9.10. The van der Waals surface area contributed by atoms with Gasteiger partial charge in [0.05, 0.1) is 6.54 Å². The summed E-state index contributed by atoms with van der Waals surface area (Å²) in [6.45, 7) is 6.31. The van der Waals surface area contributed by atoms with Gasteiger partial charge in [-0.2, -0.15) is 0 Å². The molecule has 0 saturated carbocycles. The van der Waals surface area contributed by atoms with Crippen LogP contribution in [0.15, 0.2) is 40.9 Å². The van der Waals surface area contributed by atoms with Crippen LogP contribution in [0.4, 0.5) is 11.4 Å². The van der Waals surface area contributed by atoms with E-state index in [1.165, 1.54) is 5.56 Å². The molecule has 3 nitrogen and oxygen atoms in total. The van der Waals surface area contributed by atoms with Crippen LogP contribution in [0, 0.1) is 20.8 Å². The fraction of sp³-hybridized carbons (Fsp3) is 0.235. The van der Waals surface area contributed by atoms with Crippen LogP contribution in [-0.4, -0.2) is 12.5 Å². The van der Waals surface area contributed by atoms with Gasteiger partial charge < -0.3 is 10.6 Å². The summed E-state index contributed by atoms with van der Waals surface area (Å²) >= 11 is 3.45. The third kappa shape index (κ3) is 4.33. The lowest BCUT2D eigenvalue weighted by molar-refractivity contribution is -0.114. The Bertz CT molecular complexity index is 668. The number of amides is 1. The number of nitrogens with one attached hydrogen (secondary N) is 2. The zero-order chi connectivity index (χ0) is 15.4. The monoisotopic (exact) mass is 346 g/mol. The van der Waals surface area contributed by atoms with Crippen molar-refractivity contribution in [2.75, 3.05) is 17.2 Å². The van der Waals surface area contributed by atoms with Crippen LogP contribution in [0.5, 0.6) is 0 Å². The van der Waals surface area contributed by atoms with E-state index in [1.807, 2.05) is 51.1 Å². The third-order valence-electron chi connectivity index (χ3n) is 3.27. The summed E-state index contributed by atoms with van der Waals surface area (Å²) in [5, 5.41) is 6.07. The van der Waals surface area contributed by atoms with Gasteiger partial charge in [0.25, 0.3) is 0 Å². The highest BCUT2D eigenvalue weighted by Gasteiger charge is 2.05. The number of hydrogen-bond acceptors (Lipinski definition) is 2. The molecule has 0 spiro atoms. The number of rotatable bonds is 4. The molecule has 0 aliphatic rings. The second-order valence-corrected chi connectivity index (χ2v) is 6.04. The topological polar surface area (TPSA) is 41.1 Å². The van der Waals surface area contributed by atoms with Gasteiger partial charge in [-0.05, 0) is 61.7 Å². The molecule has 2 rings (SSSR count). The zero-order valence-electron chi connectivity index (χ0n) is 12.5. The molecule has 0 aromatic heterocycles. The van der Waals surface area contributed by atoms with Gasteiger partial charge in [-0.15, -0.1) is 0 Å². The first-order valence-electron chi connectivity index (χ1n) is 6.83. The van der Waals surface area contributed by atoms with Gasteiger partial charge in [0.1, 0.15) is 0 Å². The Morgan fingerprint density at radius 2 is 1.81 bits per heavy atom. The summed E-state index contributed by atoms with van der Waals surface area (Å²) in [6.07, 6.45) is 0. The molecule has 0 bridgehead atoms. The number of halogens is 1. The van der Waals surface area contributed by atoms with E-state index in [-0.39, 0.29) is 12.5 Å². The summed E-state index contributed by atoms with van der Waals surface area (Å²) in [4.78, 5) is 12.0. The van der Waals surface area contributed by atoms with Gasteiger partial charge in [0.2, 0.25) is 5.91 Å². The Kier molecular flexibility index (Phi) is 5.02. The summed E-state index contributed by atoms with van der Waals surface area (Å²) in [6, 6.07) is 11.9. The average Bonchev–Trinajstić information content (AvgIpc) is 2.44. The van der Waals surface area contributed by atoms with Crippen molar-refractivity contribution in [3.63, 3.8) is 0 Å². The van der Waals surface area contributed by atoms with Gasteiger partial charge in [-0.25, -0.2) is 0 Å². The second kappa shape index (κ2) is 6.76. The molecule has 2 aromatic carbocycles. The number of benzene rings is 2. The summed E-state index contributed by atoms with van der Waals surface area (Å²) in [7, 11) is 0. The molecule has 0 unspecified atom stereocenters. The molecule has 0 fully saturated rings. The molecule has 2 N–H and O–H groups in total. The van der Waals surface area contributed by atoms with E-state index in [0.29, 0.717) is 0 Å². The maximum absolute atomic E-state index is 12.0. The smallest absolute Gasteiger partial charge is 0.243 e. The number of carbonyl (C=O) groups excluding carboxylic acids is 1. The number of carbonyl (C=O) groups is 1. The van der Waals surface area contributed by atoms with Crippen LogP contribution in [0.2, 0.25) is 0 Å². The van der Waals surface area contributed by atoms with Crippen molar-refractivity contribution in [1.29, 1.82) is 0 Å². The molecule has 4 heteroatoms. The molecule has 0 atom stereocenters. The quantitative estimate of drug-likeness (QED) is 0.859. The molecule has 0 heterocycles. The Labute approximate surface area is 133 Å². The van der Waals surface area contributed by atoms with Crippen molar-refractivity contribution < 1.29 is 4.79 Å². The van der Waals surface area contributed by atoms with Crippen LogP contribution in [-0.2, 0) is 4.79 Å². The normalized spacial score (nSPS) is 10.3. The van der Waals surface area contributed by atoms with E-state index in [1.54, 1.807) is 0 Å². The first kappa shape index (κ1) is 15.6. The van der Waals surface area contributed by atoms with E-state index in [0.717, 1.165) is 27.0 Å². The average molecular weight is 347 g/mol. The van der Waals surface area contributed by atoms with Crippen molar-refractivity contribution in [1.82, 2.24) is 0 Å². The number of anilines is 2. The maximum Gasteiger partial charge on any atom is 0.243 e. The zero-order valence-corrected chi connectivity index (χ0v) is 14.0. The van der Waals surface area contributed by atoms with Crippen LogP contribution < -0.4 is 10.6 Å². The van der Waals surface area contributed by atoms with Gasteiger partial charge >= 0.3 is 0 Å². The molecule has 110 valence electrons. The van der Waals surface area contributed by atoms with Gasteiger partial charge in [-0.1, -0.05) is 28.1 Å². The van der Waals surface area contributed by atoms with Gasteiger partial charge in [0, 0.05) is 15.8 Å². The molecule has 0 radical (unpaired) electrons. The highest BCUT2D eigenvalue weighted by atomic mass is 79.9. The van der Waals surface area contributed by atoms with Crippen molar-refractivity contribution >= 4 is 33.2 Å². The van der Waals surface area contributed by atoms with Crippen LogP contribution in [0.3, 0.4) is 0 Å². The molecule has 2 aromatic rings. The predicted octanol–water partition coefficient (Wildman–Crippen LogP) is 4.42. The van der Waals surface area contributed by atoms with Crippen molar-refractivity contribution in [2.45, 2.75) is 20.8 Å². The molecule has 1 amide bonds.